The molecule has 4 nitrogen and oxygen atoms in total. The lowest BCUT2D eigenvalue weighted by Gasteiger charge is -2.16. The summed E-state index contributed by atoms with van der Waals surface area (Å²) in [5, 5.41) is 8.07. The topological polar surface area (TPSA) is 55.1 Å². The predicted octanol–water partition coefficient (Wildman–Crippen LogP) is 5.45. The molecule has 0 saturated carbocycles. The second kappa shape index (κ2) is 7.30. The zero-order valence-electron chi connectivity index (χ0n) is 13.7. The van der Waals surface area contributed by atoms with E-state index >= 15 is 0 Å². The van der Waals surface area contributed by atoms with Gasteiger partial charge in [0.15, 0.2) is 0 Å². The predicted molar refractivity (Wildman–Crippen MR) is 99.0 cm³/mol. The smallest absolute Gasteiger partial charge is 0.257 e. The van der Waals surface area contributed by atoms with Crippen LogP contribution in [0, 0.1) is 6.92 Å². The highest BCUT2D eigenvalue weighted by Gasteiger charge is 2.24. The molecule has 128 valence electrons. The van der Waals surface area contributed by atoms with Crippen molar-refractivity contribution >= 4 is 29.1 Å². The van der Waals surface area contributed by atoms with Crippen molar-refractivity contribution in [3.8, 4) is 11.3 Å². The van der Waals surface area contributed by atoms with Crippen molar-refractivity contribution < 1.29 is 9.32 Å². The third-order valence-electron chi connectivity index (χ3n) is 3.94. The first kappa shape index (κ1) is 17.5. The molecule has 0 fully saturated rings. The summed E-state index contributed by atoms with van der Waals surface area (Å²) in [7, 11) is 0. The largest absolute Gasteiger partial charge is 0.360 e. The lowest BCUT2D eigenvalue weighted by atomic mass is 10.0. The average molecular weight is 375 g/mol. The molecule has 3 aromatic rings. The highest BCUT2D eigenvalue weighted by atomic mass is 35.5. The standard InChI is InChI=1S/C19H16Cl2N2O2/c1-11(13-7-3-5-9-15(13)20)22-19(24)17-12(2)25-23-18(17)14-8-4-6-10-16(14)21/h3-11H,1-2H3,(H,22,24). The van der Waals surface area contributed by atoms with E-state index in [1.54, 1.807) is 25.1 Å². The maximum Gasteiger partial charge on any atom is 0.257 e. The van der Waals surface area contributed by atoms with E-state index < -0.39 is 0 Å². The van der Waals surface area contributed by atoms with Crippen LogP contribution >= 0.6 is 23.2 Å². The molecule has 0 bridgehead atoms. The molecule has 2 aromatic carbocycles. The Balaban J connectivity index is 1.92. The number of amides is 1. The molecular weight excluding hydrogens is 359 g/mol. The lowest BCUT2D eigenvalue weighted by Crippen LogP contribution is -2.27. The van der Waals surface area contributed by atoms with Crippen molar-refractivity contribution in [1.82, 2.24) is 10.5 Å². The van der Waals surface area contributed by atoms with Gasteiger partial charge < -0.3 is 9.84 Å². The van der Waals surface area contributed by atoms with Gasteiger partial charge in [-0.2, -0.15) is 0 Å². The van der Waals surface area contributed by atoms with Crippen LogP contribution < -0.4 is 5.32 Å². The summed E-state index contributed by atoms with van der Waals surface area (Å²) < 4.78 is 5.24. The molecule has 0 saturated heterocycles. The minimum absolute atomic E-state index is 0.269. The first-order valence-electron chi connectivity index (χ1n) is 7.75. The van der Waals surface area contributed by atoms with E-state index in [4.69, 9.17) is 27.7 Å². The van der Waals surface area contributed by atoms with E-state index in [-0.39, 0.29) is 11.9 Å². The molecule has 3 rings (SSSR count). The second-order valence-electron chi connectivity index (χ2n) is 5.66. The zero-order chi connectivity index (χ0) is 18.0. The van der Waals surface area contributed by atoms with Crippen LogP contribution in [-0.2, 0) is 0 Å². The molecule has 0 aliphatic carbocycles. The van der Waals surface area contributed by atoms with Crippen molar-refractivity contribution in [2.24, 2.45) is 0 Å². The van der Waals surface area contributed by atoms with Gasteiger partial charge in [0.25, 0.3) is 5.91 Å². The molecule has 1 N–H and O–H groups in total. The number of halogens is 2. The number of aromatic nitrogens is 1. The molecule has 0 spiro atoms. The Morgan fingerprint density at radius 2 is 1.72 bits per heavy atom. The number of rotatable bonds is 4. The summed E-state index contributed by atoms with van der Waals surface area (Å²) in [4.78, 5) is 12.8. The van der Waals surface area contributed by atoms with Crippen molar-refractivity contribution in [1.29, 1.82) is 0 Å². The monoisotopic (exact) mass is 374 g/mol. The van der Waals surface area contributed by atoms with Crippen molar-refractivity contribution in [2.75, 3.05) is 0 Å². The Morgan fingerprint density at radius 3 is 2.40 bits per heavy atom. The Bertz CT molecular complexity index is 921. The minimum atomic E-state index is -0.291. The summed E-state index contributed by atoms with van der Waals surface area (Å²) in [5.41, 5.74) is 2.28. The van der Waals surface area contributed by atoms with Crippen molar-refractivity contribution in [2.45, 2.75) is 19.9 Å². The van der Waals surface area contributed by atoms with Crippen LogP contribution in [0.1, 0.15) is 34.6 Å². The molecule has 1 heterocycles. The molecule has 0 aliphatic rings. The minimum Gasteiger partial charge on any atom is -0.360 e. The SMILES string of the molecule is Cc1onc(-c2ccccc2Cl)c1C(=O)NC(C)c1ccccc1Cl. The lowest BCUT2D eigenvalue weighted by molar-refractivity contribution is 0.0939. The van der Waals surface area contributed by atoms with Gasteiger partial charge in [-0.1, -0.05) is 64.8 Å². The number of carbonyl (C=O) groups is 1. The summed E-state index contributed by atoms with van der Waals surface area (Å²) >= 11 is 12.4. The maximum atomic E-state index is 12.8. The molecule has 25 heavy (non-hydrogen) atoms. The normalized spacial score (nSPS) is 12.0. The summed E-state index contributed by atoms with van der Waals surface area (Å²) in [6.07, 6.45) is 0. The Kier molecular flexibility index (Phi) is 5.11. The molecule has 1 unspecified atom stereocenters. The van der Waals surface area contributed by atoms with Gasteiger partial charge in [-0.3, -0.25) is 4.79 Å². The molecule has 6 heteroatoms. The van der Waals surface area contributed by atoms with Gasteiger partial charge in [-0.15, -0.1) is 0 Å². The van der Waals surface area contributed by atoms with Crippen LogP contribution in [0.4, 0.5) is 0 Å². The Morgan fingerprint density at radius 1 is 1.08 bits per heavy atom. The van der Waals surface area contributed by atoms with Crippen LogP contribution in [0.5, 0.6) is 0 Å². The highest BCUT2D eigenvalue weighted by molar-refractivity contribution is 6.33. The molecular formula is C19H16Cl2N2O2. The molecule has 0 aliphatic heterocycles. The van der Waals surface area contributed by atoms with Crippen molar-refractivity contribution in [3.63, 3.8) is 0 Å². The zero-order valence-corrected chi connectivity index (χ0v) is 15.2. The number of carbonyl (C=O) groups excluding carboxylic acids is 1. The van der Waals surface area contributed by atoms with E-state index in [2.05, 4.69) is 10.5 Å². The Labute approximate surface area is 155 Å². The van der Waals surface area contributed by atoms with Gasteiger partial charge in [-0.05, 0) is 31.5 Å². The number of nitrogens with one attached hydrogen (secondary N) is 1. The van der Waals surface area contributed by atoms with Gasteiger partial charge in [-0.25, -0.2) is 0 Å². The number of hydrogen-bond donors (Lipinski definition) is 1. The summed E-state index contributed by atoms with van der Waals surface area (Å²) in [5.74, 6) is 0.139. The molecule has 1 atom stereocenters. The fraction of sp³-hybridized carbons (Fsp3) is 0.158. The maximum absolute atomic E-state index is 12.8. The number of aryl methyl sites for hydroxylation is 1. The van der Waals surface area contributed by atoms with Gasteiger partial charge in [0.2, 0.25) is 0 Å². The quantitative estimate of drug-likeness (QED) is 0.660. The van der Waals surface area contributed by atoms with Gasteiger partial charge in [0.05, 0.1) is 11.1 Å². The van der Waals surface area contributed by atoms with E-state index in [1.165, 1.54) is 0 Å². The van der Waals surface area contributed by atoms with Crippen LogP contribution in [-0.4, -0.2) is 11.1 Å². The van der Waals surface area contributed by atoms with Gasteiger partial charge in [0.1, 0.15) is 17.0 Å². The number of nitrogens with zero attached hydrogens (tertiary/aromatic N) is 1. The van der Waals surface area contributed by atoms with E-state index in [1.807, 2.05) is 37.3 Å². The number of benzene rings is 2. The van der Waals surface area contributed by atoms with Crippen LogP contribution in [0.15, 0.2) is 53.1 Å². The fourth-order valence-electron chi connectivity index (χ4n) is 2.65. The van der Waals surface area contributed by atoms with Gasteiger partial charge >= 0.3 is 0 Å². The number of hydrogen-bond acceptors (Lipinski definition) is 3. The summed E-state index contributed by atoms with van der Waals surface area (Å²) in [6.45, 7) is 3.57. The third kappa shape index (κ3) is 3.55. The van der Waals surface area contributed by atoms with E-state index in [0.717, 1.165) is 5.56 Å². The van der Waals surface area contributed by atoms with E-state index in [9.17, 15) is 4.79 Å². The molecule has 1 amide bonds. The van der Waals surface area contributed by atoms with Gasteiger partial charge in [0, 0.05) is 10.6 Å². The third-order valence-corrected chi connectivity index (χ3v) is 4.61. The Hall–Kier alpha value is -2.30. The first-order valence-corrected chi connectivity index (χ1v) is 8.51. The molecule has 0 radical (unpaired) electrons. The molecule has 1 aromatic heterocycles. The second-order valence-corrected chi connectivity index (χ2v) is 6.47. The first-order chi connectivity index (χ1) is 12.0. The van der Waals surface area contributed by atoms with Crippen molar-refractivity contribution in [3.05, 3.63) is 75.5 Å². The van der Waals surface area contributed by atoms with Crippen LogP contribution in [0.3, 0.4) is 0 Å². The average Bonchev–Trinajstić information content (AvgIpc) is 2.97. The van der Waals surface area contributed by atoms with E-state index in [0.29, 0.717) is 32.6 Å². The fourth-order valence-corrected chi connectivity index (χ4v) is 3.17. The summed E-state index contributed by atoms with van der Waals surface area (Å²) in [6, 6.07) is 14.3. The van der Waals surface area contributed by atoms with Crippen LogP contribution in [0.25, 0.3) is 11.3 Å². The highest BCUT2D eigenvalue weighted by Crippen LogP contribution is 2.31. The van der Waals surface area contributed by atoms with Crippen LogP contribution in [0.2, 0.25) is 10.0 Å².